The summed E-state index contributed by atoms with van der Waals surface area (Å²) >= 11 is 5.73. The van der Waals surface area contributed by atoms with Crippen molar-refractivity contribution < 1.29 is 18.1 Å². The first-order valence-electron chi connectivity index (χ1n) is 5.61. The van der Waals surface area contributed by atoms with Crippen molar-refractivity contribution in [2.75, 3.05) is 6.54 Å². The van der Waals surface area contributed by atoms with Crippen LogP contribution >= 0.6 is 11.6 Å². The van der Waals surface area contributed by atoms with Gasteiger partial charge in [-0.2, -0.15) is 0 Å². The molecule has 0 aliphatic heterocycles. The van der Waals surface area contributed by atoms with Crippen molar-refractivity contribution in [2.24, 2.45) is 5.92 Å². The molecule has 0 saturated carbocycles. The highest BCUT2D eigenvalue weighted by atomic mass is 35.5. The Hall–Kier alpha value is -1.51. The Kier molecular flexibility index (Phi) is 5.21. The minimum absolute atomic E-state index is 0.272. The number of sulfonamides is 1. The van der Waals surface area contributed by atoms with E-state index in [2.05, 4.69) is 4.72 Å². The smallest absolute Gasteiger partial charge is 0.271 e. The summed E-state index contributed by atoms with van der Waals surface area (Å²) in [7, 11) is -3.99. The molecule has 0 spiro atoms. The summed E-state index contributed by atoms with van der Waals surface area (Å²) in [4.78, 5) is 21.0. The highest BCUT2D eigenvalue weighted by Gasteiger charge is 2.21. The molecule has 0 aliphatic carbocycles. The van der Waals surface area contributed by atoms with Gasteiger partial charge in [0.1, 0.15) is 10.7 Å². The van der Waals surface area contributed by atoms with Crippen LogP contribution in [0.15, 0.2) is 23.1 Å². The van der Waals surface area contributed by atoms with Gasteiger partial charge in [0.15, 0.2) is 0 Å². The lowest BCUT2D eigenvalue weighted by Crippen LogP contribution is -2.31. The second kappa shape index (κ2) is 6.29. The Morgan fingerprint density at radius 1 is 1.45 bits per heavy atom. The molecule has 1 aromatic rings. The van der Waals surface area contributed by atoms with Crippen molar-refractivity contribution in [3.63, 3.8) is 0 Å². The Morgan fingerprint density at radius 2 is 2.05 bits per heavy atom. The molecule has 0 radical (unpaired) electrons. The van der Waals surface area contributed by atoms with Crippen LogP contribution in [0, 0.1) is 16.0 Å². The van der Waals surface area contributed by atoms with Crippen molar-refractivity contribution in [1.29, 1.82) is 0 Å². The number of carbonyl (C=O) groups is 1. The van der Waals surface area contributed by atoms with Crippen LogP contribution in [0.3, 0.4) is 0 Å². The van der Waals surface area contributed by atoms with Crippen LogP contribution in [0.2, 0.25) is 5.02 Å². The number of nitro benzene ring substituents is 1. The van der Waals surface area contributed by atoms with Crippen LogP contribution in [0.1, 0.15) is 13.8 Å². The standard InChI is InChI=1S/C11H13ClN2O5S/c1-7(2)10(15)6-13-20(18,19)11-4-3-8(14(16)17)5-9(11)12/h3-5,7,13H,6H2,1-2H3. The van der Waals surface area contributed by atoms with E-state index in [1.807, 2.05) is 0 Å². The molecule has 0 aliphatic rings. The molecule has 0 atom stereocenters. The molecule has 20 heavy (non-hydrogen) atoms. The second-order valence-electron chi connectivity index (χ2n) is 4.32. The lowest BCUT2D eigenvalue weighted by Gasteiger charge is -2.09. The van der Waals surface area contributed by atoms with E-state index < -0.39 is 14.9 Å². The SMILES string of the molecule is CC(C)C(=O)CNS(=O)(=O)c1ccc([N+](=O)[O-])cc1Cl. The van der Waals surface area contributed by atoms with Gasteiger partial charge in [-0.25, -0.2) is 13.1 Å². The van der Waals surface area contributed by atoms with Gasteiger partial charge in [0.2, 0.25) is 10.0 Å². The number of nitrogens with one attached hydrogen (secondary N) is 1. The first-order chi connectivity index (χ1) is 9.15. The summed E-state index contributed by atoms with van der Waals surface area (Å²) in [6.07, 6.45) is 0. The summed E-state index contributed by atoms with van der Waals surface area (Å²) in [5.74, 6) is -0.573. The Labute approximate surface area is 121 Å². The molecule has 0 bridgehead atoms. The lowest BCUT2D eigenvalue weighted by atomic mass is 10.1. The first kappa shape index (κ1) is 16.5. The number of nitrogens with zero attached hydrogens (tertiary/aromatic N) is 1. The molecule has 0 fully saturated rings. The quantitative estimate of drug-likeness (QED) is 0.634. The van der Waals surface area contributed by atoms with E-state index in [0.29, 0.717) is 0 Å². The number of hydrogen-bond donors (Lipinski definition) is 1. The van der Waals surface area contributed by atoms with E-state index in [1.165, 1.54) is 0 Å². The third-order valence-corrected chi connectivity index (χ3v) is 4.38. The Morgan fingerprint density at radius 3 is 2.50 bits per heavy atom. The van der Waals surface area contributed by atoms with E-state index in [0.717, 1.165) is 18.2 Å². The monoisotopic (exact) mass is 320 g/mol. The number of carbonyl (C=O) groups excluding carboxylic acids is 1. The van der Waals surface area contributed by atoms with E-state index >= 15 is 0 Å². The zero-order valence-corrected chi connectivity index (χ0v) is 12.4. The highest BCUT2D eigenvalue weighted by molar-refractivity contribution is 7.89. The van der Waals surface area contributed by atoms with E-state index in [1.54, 1.807) is 13.8 Å². The molecule has 9 heteroatoms. The fraction of sp³-hybridized carbons (Fsp3) is 0.364. The molecule has 0 saturated heterocycles. The lowest BCUT2D eigenvalue weighted by molar-refractivity contribution is -0.384. The zero-order chi connectivity index (χ0) is 15.5. The van der Waals surface area contributed by atoms with Crippen molar-refractivity contribution >= 4 is 33.1 Å². The van der Waals surface area contributed by atoms with Gasteiger partial charge in [0, 0.05) is 18.1 Å². The molecule has 1 N–H and O–H groups in total. The molecular formula is C11H13ClN2O5S. The number of hydrogen-bond acceptors (Lipinski definition) is 5. The van der Waals surface area contributed by atoms with E-state index in [9.17, 15) is 23.3 Å². The highest BCUT2D eigenvalue weighted by Crippen LogP contribution is 2.25. The summed E-state index contributed by atoms with van der Waals surface area (Å²) in [6.45, 7) is 2.94. The summed E-state index contributed by atoms with van der Waals surface area (Å²) in [5, 5.41) is 10.3. The van der Waals surface area contributed by atoms with Crippen molar-refractivity contribution in [2.45, 2.75) is 18.7 Å². The molecule has 0 unspecified atom stereocenters. The number of ketones is 1. The first-order valence-corrected chi connectivity index (χ1v) is 7.47. The van der Waals surface area contributed by atoms with Crippen LogP contribution in [0.25, 0.3) is 0 Å². The molecule has 0 heterocycles. The van der Waals surface area contributed by atoms with Crippen LogP contribution in [-0.2, 0) is 14.8 Å². The van der Waals surface area contributed by atoms with Gasteiger partial charge in [-0.15, -0.1) is 0 Å². The van der Waals surface area contributed by atoms with Gasteiger partial charge in [0.05, 0.1) is 16.5 Å². The molecule has 1 rings (SSSR count). The normalized spacial score (nSPS) is 11.6. The fourth-order valence-corrected chi connectivity index (χ4v) is 2.80. The second-order valence-corrected chi connectivity index (χ2v) is 6.46. The van der Waals surface area contributed by atoms with Crippen LogP contribution < -0.4 is 4.72 Å². The summed E-state index contributed by atoms with van der Waals surface area (Å²) in [6, 6.07) is 3.01. The summed E-state index contributed by atoms with van der Waals surface area (Å²) < 4.78 is 26.0. The predicted octanol–water partition coefficient (Wildman–Crippen LogP) is 1.75. The van der Waals surface area contributed by atoms with Crippen molar-refractivity contribution in [3.05, 3.63) is 33.3 Å². The predicted molar refractivity (Wildman–Crippen MR) is 73.1 cm³/mol. The maximum atomic E-state index is 11.9. The third kappa shape index (κ3) is 3.99. The maximum Gasteiger partial charge on any atom is 0.271 e. The van der Waals surface area contributed by atoms with Crippen LogP contribution in [-0.4, -0.2) is 25.7 Å². The van der Waals surface area contributed by atoms with E-state index in [4.69, 9.17) is 11.6 Å². The van der Waals surface area contributed by atoms with Crippen LogP contribution in [0.5, 0.6) is 0 Å². The minimum Gasteiger partial charge on any atom is -0.298 e. The third-order valence-electron chi connectivity index (χ3n) is 2.50. The largest absolute Gasteiger partial charge is 0.298 e. The number of non-ortho nitro benzene ring substituents is 1. The molecule has 0 aromatic heterocycles. The number of Topliss-reactive ketones (excluding diaryl/α,β-unsaturated/α-hetero) is 1. The van der Waals surface area contributed by atoms with Gasteiger partial charge in [0.25, 0.3) is 5.69 Å². The zero-order valence-electron chi connectivity index (χ0n) is 10.8. The van der Waals surface area contributed by atoms with Crippen molar-refractivity contribution in [1.82, 2.24) is 4.72 Å². The molecule has 110 valence electrons. The molecule has 7 nitrogen and oxygen atoms in total. The molecule has 1 aromatic carbocycles. The Bertz CT molecular complexity index is 642. The van der Waals surface area contributed by atoms with Gasteiger partial charge >= 0.3 is 0 Å². The maximum absolute atomic E-state index is 11.9. The minimum atomic E-state index is -3.99. The number of benzene rings is 1. The fourth-order valence-electron chi connectivity index (χ4n) is 1.27. The number of rotatable bonds is 6. The topological polar surface area (TPSA) is 106 Å². The average molecular weight is 321 g/mol. The molecular weight excluding hydrogens is 308 g/mol. The van der Waals surface area contributed by atoms with Crippen LogP contribution in [0.4, 0.5) is 5.69 Å². The van der Waals surface area contributed by atoms with Gasteiger partial charge in [-0.3, -0.25) is 14.9 Å². The summed E-state index contributed by atoms with van der Waals surface area (Å²) in [5.41, 5.74) is -0.313. The number of halogens is 1. The van der Waals surface area contributed by atoms with E-state index in [-0.39, 0.29) is 33.9 Å². The van der Waals surface area contributed by atoms with Gasteiger partial charge in [-0.1, -0.05) is 25.4 Å². The molecule has 0 amide bonds. The Balaban J connectivity index is 2.99. The van der Waals surface area contributed by atoms with Gasteiger partial charge in [-0.05, 0) is 6.07 Å². The average Bonchev–Trinajstić information content (AvgIpc) is 2.35. The van der Waals surface area contributed by atoms with Gasteiger partial charge < -0.3 is 0 Å². The van der Waals surface area contributed by atoms with Crippen molar-refractivity contribution in [3.8, 4) is 0 Å². The number of nitro groups is 1.